The molecule has 0 bridgehead atoms. The van der Waals surface area contributed by atoms with Gasteiger partial charge in [0.05, 0.1) is 12.6 Å². The van der Waals surface area contributed by atoms with Crippen molar-refractivity contribution in [3.63, 3.8) is 0 Å². The largest absolute Gasteiger partial charge is 0.337 e. The number of nitrogens with one attached hydrogen (secondary N) is 1. The molecular formula is C22H32N4O. The molecule has 0 aromatic heterocycles. The molecule has 1 saturated heterocycles. The van der Waals surface area contributed by atoms with Gasteiger partial charge in [-0.15, -0.1) is 0 Å². The molecule has 5 nitrogen and oxygen atoms in total. The number of amides is 1. The first kappa shape index (κ1) is 19.9. The van der Waals surface area contributed by atoms with Crippen molar-refractivity contribution in [3.05, 3.63) is 35.9 Å². The van der Waals surface area contributed by atoms with Crippen molar-refractivity contribution in [1.29, 1.82) is 5.26 Å². The fourth-order valence-corrected chi connectivity index (χ4v) is 4.45. The first-order valence-corrected chi connectivity index (χ1v) is 10.2. The van der Waals surface area contributed by atoms with Crippen molar-refractivity contribution in [1.82, 2.24) is 15.1 Å². The zero-order valence-electron chi connectivity index (χ0n) is 16.7. The minimum absolute atomic E-state index is 0.00608. The molecule has 27 heavy (non-hydrogen) atoms. The molecule has 146 valence electrons. The highest BCUT2D eigenvalue weighted by molar-refractivity contribution is 5.79. The predicted octanol–water partition coefficient (Wildman–Crippen LogP) is 2.93. The molecule has 1 aromatic carbocycles. The van der Waals surface area contributed by atoms with Gasteiger partial charge in [-0.3, -0.25) is 14.6 Å². The predicted molar refractivity (Wildman–Crippen MR) is 107 cm³/mol. The highest BCUT2D eigenvalue weighted by Gasteiger charge is 2.36. The van der Waals surface area contributed by atoms with Gasteiger partial charge >= 0.3 is 0 Å². The summed E-state index contributed by atoms with van der Waals surface area (Å²) in [6, 6.07) is 12.9. The third-order valence-corrected chi connectivity index (χ3v) is 6.04. The molecule has 0 radical (unpaired) electrons. The van der Waals surface area contributed by atoms with E-state index in [4.69, 9.17) is 0 Å². The Morgan fingerprint density at radius 1 is 1.15 bits per heavy atom. The van der Waals surface area contributed by atoms with Crippen molar-refractivity contribution < 1.29 is 4.79 Å². The molecule has 1 aliphatic heterocycles. The molecule has 3 rings (SSSR count). The van der Waals surface area contributed by atoms with E-state index in [0.717, 1.165) is 58.3 Å². The highest BCUT2D eigenvalue weighted by atomic mass is 16.2. The van der Waals surface area contributed by atoms with E-state index in [-0.39, 0.29) is 11.4 Å². The average molecular weight is 369 g/mol. The zero-order valence-corrected chi connectivity index (χ0v) is 16.7. The third-order valence-electron chi connectivity index (χ3n) is 6.04. The standard InChI is InChI=1S/C22H32N4O/c1-21(2)18-25(13-14-26(21)15-19-9-5-3-6-10-19)16-20(27)24-22(17-23)11-7-4-8-12-22/h3,5-6,9-10H,4,7-8,11-16,18H2,1-2H3,(H,24,27). The summed E-state index contributed by atoms with van der Waals surface area (Å²) >= 11 is 0. The molecule has 0 spiro atoms. The number of hydrogen-bond donors (Lipinski definition) is 1. The summed E-state index contributed by atoms with van der Waals surface area (Å²) in [6.07, 6.45) is 4.78. The Labute approximate surface area is 163 Å². The first-order chi connectivity index (χ1) is 12.9. The van der Waals surface area contributed by atoms with Crippen molar-refractivity contribution in [2.45, 2.75) is 63.6 Å². The molecular weight excluding hydrogens is 336 g/mol. The summed E-state index contributed by atoms with van der Waals surface area (Å²) in [7, 11) is 0. The maximum Gasteiger partial charge on any atom is 0.235 e. The lowest BCUT2D eigenvalue weighted by Crippen LogP contribution is -2.60. The molecule has 1 N–H and O–H groups in total. The molecule has 1 amide bonds. The topological polar surface area (TPSA) is 59.4 Å². The Hall–Kier alpha value is -1.90. The number of piperazine rings is 1. The second-order valence-electron chi connectivity index (χ2n) is 8.73. The van der Waals surface area contributed by atoms with E-state index in [1.165, 1.54) is 5.56 Å². The van der Waals surface area contributed by atoms with E-state index >= 15 is 0 Å². The fraction of sp³-hybridized carbons (Fsp3) is 0.636. The Morgan fingerprint density at radius 2 is 1.85 bits per heavy atom. The van der Waals surface area contributed by atoms with Crippen LogP contribution < -0.4 is 5.32 Å². The molecule has 0 atom stereocenters. The van der Waals surface area contributed by atoms with Crippen LogP contribution in [-0.4, -0.2) is 53.0 Å². The summed E-state index contributed by atoms with van der Waals surface area (Å²) in [4.78, 5) is 17.3. The number of nitriles is 1. The molecule has 1 aliphatic carbocycles. The fourth-order valence-electron chi connectivity index (χ4n) is 4.45. The van der Waals surface area contributed by atoms with Gasteiger partial charge in [-0.2, -0.15) is 5.26 Å². The lowest BCUT2D eigenvalue weighted by Gasteiger charge is -2.47. The van der Waals surface area contributed by atoms with Gasteiger partial charge in [-0.1, -0.05) is 49.6 Å². The smallest absolute Gasteiger partial charge is 0.235 e. The second kappa shape index (κ2) is 8.41. The van der Waals surface area contributed by atoms with E-state index in [0.29, 0.717) is 6.54 Å². The maximum atomic E-state index is 12.6. The Bertz CT molecular complexity index is 673. The maximum absolute atomic E-state index is 12.6. The minimum atomic E-state index is -0.639. The first-order valence-electron chi connectivity index (χ1n) is 10.2. The van der Waals surface area contributed by atoms with E-state index in [2.05, 4.69) is 59.3 Å². The molecule has 0 unspecified atom stereocenters. The van der Waals surface area contributed by atoms with Crippen molar-refractivity contribution in [3.8, 4) is 6.07 Å². The van der Waals surface area contributed by atoms with Crippen molar-refractivity contribution >= 4 is 5.91 Å². The Kier molecular flexibility index (Phi) is 6.18. The number of benzene rings is 1. The number of nitrogens with zero attached hydrogens (tertiary/aromatic N) is 3. The summed E-state index contributed by atoms with van der Waals surface area (Å²) in [6.45, 7) is 8.49. The zero-order chi connectivity index (χ0) is 19.3. The summed E-state index contributed by atoms with van der Waals surface area (Å²) in [5.74, 6) is -0.00856. The van der Waals surface area contributed by atoms with Crippen LogP contribution >= 0.6 is 0 Å². The number of carbonyl (C=O) groups is 1. The SMILES string of the molecule is CC1(C)CN(CC(=O)NC2(C#N)CCCCC2)CCN1Cc1ccccc1. The molecule has 1 saturated carbocycles. The van der Waals surface area contributed by atoms with Crippen LogP contribution in [0.3, 0.4) is 0 Å². The van der Waals surface area contributed by atoms with Crippen molar-refractivity contribution in [2.24, 2.45) is 0 Å². The van der Waals surface area contributed by atoms with Crippen LogP contribution in [0.2, 0.25) is 0 Å². The van der Waals surface area contributed by atoms with Gasteiger partial charge in [0, 0.05) is 31.7 Å². The molecule has 5 heteroatoms. The van der Waals surface area contributed by atoms with Crippen LogP contribution in [0.4, 0.5) is 0 Å². The van der Waals surface area contributed by atoms with Gasteiger partial charge in [0.2, 0.25) is 5.91 Å². The van der Waals surface area contributed by atoms with Gasteiger partial charge in [-0.25, -0.2) is 0 Å². The lowest BCUT2D eigenvalue weighted by atomic mass is 9.83. The van der Waals surface area contributed by atoms with E-state index in [1.54, 1.807) is 0 Å². The Balaban J connectivity index is 1.54. The molecule has 1 heterocycles. The molecule has 1 aromatic rings. The number of rotatable bonds is 5. The van der Waals surface area contributed by atoms with Gasteiger partial charge in [0.1, 0.15) is 5.54 Å². The van der Waals surface area contributed by atoms with Gasteiger partial charge in [0.25, 0.3) is 0 Å². The highest BCUT2D eigenvalue weighted by Crippen LogP contribution is 2.28. The minimum Gasteiger partial charge on any atom is -0.337 e. The molecule has 2 aliphatic rings. The van der Waals surface area contributed by atoms with Gasteiger partial charge in [-0.05, 0) is 32.3 Å². The second-order valence-corrected chi connectivity index (χ2v) is 8.73. The molecule has 2 fully saturated rings. The average Bonchev–Trinajstić information content (AvgIpc) is 2.65. The third kappa shape index (κ3) is 5.09. The lowest BCUT2D eigenvalue weighted by molar-refractivity contribution is -0.125. The Morgan fingerprint density at radius 3 is 2.48 bits per heavy atom. The van der Waals surface area contributed by atoms with Crippen molar-refractivity contribution in [2.75, 3.05) is 26.2 Å². The van der Waals surface area contributed by atoms with Gasteiger partial charge in [0.15, 0.2) is 0 Å². The van der Waals surface area contributed by atoms with Crippen LogP contribution in [0.1, 0.15) is 51.5 Å². The van der Waals surface area contributed by atoms with Crippen LogP contribution in [0.15, 0.2) is 30.3 Å². The van der Waals surface area contributed by atoms with E-state index in [9.17, 15) is 10.1 Å². The van der Waals surface area contributed by atoms with Crippen LogP contribution in [0.5, 0.6) is 0 Å². The van der Waals surface area contributed by atoms with E-state index in [1.807, 2.05) is 6.07 Å². The number of carbonyl (C=O) groups excluding carboxylic acids is 1. The normalized spacial score (nSPS) is 22.7. The summed E-state index contributed by atoms with van der Waals surface area (Å²) in [5.41, 5.74) is 0.691. The summed E-state index contributed by atoms with van der Waals surface area (Å²) < 4.78 is 0. The van der Waals surface area contributed by atoms with E-state index < -0.39 is 5.54 Å². The monoisotopic (exact) mass is 368 g/mol. The quantitative estimate of drug-likeness (QED) is 0.868. The summed E-state index contributed by atoms with van der Waals surface area (Å²) in [5, 5.41) is 12.6. The van der Waals surface area contributed by atoms with Gasteiger partial charge < -0.3 is 5.32 Å². The number of hydrogen-bond acceptors (Lipinski definition) is 4. The van der Waals surface area contributed by atoms with Crippen LogP contribution in [0.25, 0.3) is 0 Å². The van der Waals surface area contributed by atoms with Crippen LogP contribution in [0, 0.1) is 11.3 Å². The van der Waals surface area contributed by atoms with Crippen LogP contribution in [-0.2, 0) is 11.3 Å².